The molecule has 0 radical (unpaired) electrons. The molecular formula is C9H15ClF2N4O. The molecule has 0 saturated heterocycles. The van der Waals surface area contributed by atoms with Crippen molar-refractivity contribution in [2.24, 2.45) is 0 Å². The van der Waals surface area contributed by atoms with Crippen LogP contribution in [0.2, 0.25) is 0 Å². The third kappa shape index (κ3) is 6.18. The molecule has 0 fully saturated rings. The van der Waals surface area contributed by atoms with Crippen LogP contribution in [0.25, 0.3) is 0 Å². The van der Waals surface area contributed by atoms with Gasteiger partial charge in [0.15, 0.2) is 0 Å². The van der Waals surface area contributed by atoms with Crippen LogP contribution in [0.5, 0.6) is 0 Å². The van der Waals surface area contributed by atoms with Crippen LogP contribution in [-0.2, 0) is 11.3 Å². The van der Waals surface area contributed by atoms with E-state index in [1.165, 1.54) is 12.4 Å². The Balaban J connectivity index is 0.00000256. The molecule has 1 rings (SSSR count). The van der Waals surface area contributed by atoms with Crippen LogP contribution in [0.3, 0.4) is 0 Å². The monoisotopic (exact) mass is 268 g/mol. The van der Waals surface area contributed by atoms with Gasteiger partial charge in [-0.3, -0.25) is 9.48 Å². The van der Waals surface area contributed by atoms with Crippen molar-refractivity contribution in [3.8, 4) is 0 Å². The third-order valence-electron chi connectivity index (χ3n) is 1.84. The standard InChI is InChI=1S/C9H14F2N4O.ClH/c1-12-3-2-9(16)14-7-4-13-15(5-7)6-8(10)11;/h4-5,8,12H,2-3,6H2,1H3,(H,14,16);1H. The summed E-state index contributed by atoms with van der Waals surface area (Å²) in [5, 5.41) is 9.09. The van der Waals surface area contributed by atoms with Crippen LogP contribution in [-0.4, -0.2) is 35.7 Å². The maximum atomic E-state index is 12.0. The SMILES string of the molecule is CNCCC(=O)Nc1cnn(CC(F)F)c1.Cl. The number of nitrogens with one attached hydrogen (secondary N) is 2. The molecule has 1 heterocycles. The second-order valence-electron chi connectivity index (χ2n) is 3.24. The fraction of sp³-hybridized carbons (Fsp3) is 0.556. The zero-order valence-corrected chi connectivity index (χ0v) is 10.1. The normalized spacial score (nSPS) is 10.1. The summed E-state index contributed by atoms with van der Waals surface area (Å²) in [5.41, 5.74) is 0.432. The van der Waals surface area contributed by atoms with Crippen molar-refractivity contribution in [2.45, 2.75) is 19.4 Å². The summed E-state index contributed by atoms with van der Waals surface area (Å²) in [5.74, 6) is -0.175. The Hall–Kier alpha value is -1.21. The van der Waals surface area contributed by atoms with Crippen LogP contribution in [0, 0.1) is 0 Å². The molecule has 0 aromatic carbocycles. The van der Waals surface area contributed by atoms with Gasteiger partial charge in [-0.05, 0) is 7.05 Å². The molecule has 0 bridgehead atoms. The first kappa shape index (κ1) is 15.8. The highest BCUT2D eigenvalue weighted by Crippen LogP contribution is 2.07. The average molecular weight is 269 g/mol. The number of carbonyl (C=O) groups excluding carboxylic acids is 1. The largest absolute Gasteiger partial charge is 0.323 e. The molecule has 1 aromatic heterocycles. The summed E-state index contributed by atoms with van der Waals surface area (Å²) in [6, 6.07) is 0. The van der Waals surface area contributed by atoms with E-state index in [-0.39, 0.29) is 18.3 Å². The molecule has 0 aliphatic heterocycles. The number of alkyl halides is 2. The van der Waals surface area contributed by atoms with Crippen molar-refractivity contribution in [3.05, 3.63) is 12.4 Å². The minimum atomic E-state index is -2.45. The second kappa shape index (κ2) is 7.97. The van der Waals surface area contributed by atoms with E-state index in [0.29, 0.717) is 18.7 Å². The fourth-order valence-electron chi connectivity index (χ4n) is 1.13. The van der Waals surface area contributed by atoms with E-state index in [0.717, 1.165) is 4.68 Å². The highest BCUT2D eigenvalue weighted by molar-refractivity contribution is 5.90. The molecule has 0 spiro atoms. The minimum Gasteiger partial charge on any atom is -0.323 e. The van der Waals surface area contributed by atoms with Gasteiger partial charge in [0, 0.05) is 19.2 Å². The molecule has 0 unspecified atom stereocenters. The highest BCUT2D eigenvalue weighted by Gasteiger charge is 2.07. The van der Waals surface area contributed by atoms with Gasteiger partial charge in [0.1, 0.15) is 6.54 Å². The quantitative estimate of drug-likeness (QED) is 0.813. The number of amides is 1. The Bertz CT molecular complexity index is 345. The van der Waals surface area contributed by atoms with E-state index < -0.39 is 13.0 Å². The molecule has 17 heavy (non-hydrogen) atoms. The van der Waals surface area contributed by atoms with E-state index in [1.54, 1.807) is 7.05 Å². The van der Waals surface area contributed by atoms with E-state index >= 15 is 0 Å². The lowest BCUT2D eigenvalue weighted by Crippen LogP contribution is -2.18. The first-order valence-corrected chi connectivity index (χ1v) is 4.87. The van der Waals surface area contributed by atoms with Gasteiger partial charge in [0.2, 0.25) is 5.91 Å². The molecule has 0 atom stereocenters. The van der Waals surface area contributed by atoms with Gasteiger partial charge in [-0.25, -0.2) is 8.78 Å². The van der Waals surface area contributed by atoms with Gasteiger partial charge in [-0.15, -0.1) is 12.4 Å². The van der Waals surface area contributed by atoms with Crippen molar-refractivity contribution in [3.63, 3.8) is 0 Å². The molecule has 1 amide bonds. The molecule has 8 heteroatoms. The van der Waals surface area contributed by atoms with Crippen LogP contribution in [0.15, 0.2) is 12.4 Å². The highest BCUT2D eigenvalue weighted by atomic mass is 35.5. The molecule has 0 aliphatic carbocycles. The Labute approximate surface area is 104 Å². The van der Waals surface area contributed by atoms with Gasteiger partial charge >= 0.3 is 0 Å². The van der Waals surface area contributed by atoms with Gasteiger partial charge < -0.3 is 10.6 Å². The van der Waals surface area contributed by atoms with Gasteiger partial charge in [-0.2, -0.15) is 5.10 Å². The van der Waals surface area contributed by atoms with Crippen LogP contribution >= 0.6 is 12.4 Å². The lowest BCUT2D eigenvalue weighted by Gasteiger charge is -2.01. The van der Waals surface area contributed by atoms with Crippen LogP contribution in [0.4, 0.5) is 14.5 Å². The van der Waals surface area contributed by atoms with Gasteiger partial charge in [0.25, 0.3) is 6.43 Å². The van der Waals surface area contributed by atoms with E-state index in [9.17, 15) is 13.6 Å². The van der Waals surface area contributed by atoms with Crippen molar-refractivity contribution >= 4 is 24.0 Å². The Morgan fingerprint density at radius 3 is 2.88 bits per heavy atom. The number of carbonyl (C=O) groups is 1. The summed E-state index contributed by atoms with van der Waals surface area (Å²) in [7, 11) is 1.74. The maximum absolute atomic E-state index is 12.0. The summed E-state index contributed by atoms with van der Waals surface area (Å²) in [6.07, 6.45) is 0.604. The zero-order chi connectivity index (χ0) is 12.0. The number of aromatic nitrogens is 2. The lowest BCUT2D eigenvalue weighted by atomic mass is 10.4. The molecular weight excluding hydrogens is 254 g/mol. The van der Waals surface area contributed by atoms with Crippen molar-refractivity contribution < 1.29 is 13.6 Å². The zero-order valence-electron chi connectivity index (χ0n) is 9.32. The number of rotatable bonds is 6. The molecule has 0 saturated carbocycles. The minimum absolute atomic E-state index is 0. The van der Waals surface area contributed by atoms with Crippen molar-refractivity contribution in [1.29, 1.82) is 0 Å². The van der Waals surface area contributed by atoms with Crippen LogP contribution < -0.4 is 10.6 Å². The number of hydrogen-bond donors (Lipinski definition) is 2. The summed E-state index contributed by atoms with van der Waals surface area (Å²) >= 11 is 0. The molecule has 1 aromatic rings. The molecule has 2 N–H and O–H groups in total. The first-order chi connectivity index (χ1) is 7.61. The summed E-state index contributed by atoms with van der Waals surface area (Å²) in [6.45, 7) is 0.101. The fourth-order valence-corrected chi connectivity index (χ4v) is 1.13. The average Bonchev–Trinajstić information content (AvgIpc) is 2.61. The lowest BCUT2D eigenvalue weighted by molar-refractivity contribution is -0.116. The van der Waals surface area contributed by atoms with Crippen LogP contribution in [0.1, 0.15) is 6.42 Å². The molecule has 98 valence electrons. The van der Waals surface area contributed by atoms with Crippen molar-refractivity contribution in [2.75, 3.05) is 18.9 Å². The number of hydrogen-bond acceptors (Lipinski definition) is 3. The second-order valence-corrected chi connectivity index (χ2v) is 3.24. The topological polar surface area (TPSA) is 59.0 Å². The Morgan fingerprint density at radius 1 is 1.59 bits per heavy atom. The summed E-state index contributed by atoms with van der Waals surface area (Å²) in [4.78, 5) is 11.3. The molecule has 0 aliphatic rings. The van der Waals surface area contributed by atoms with Gasteiger partial charge in [0.05, 0.1) is 11.9 Å². The number of nitrogens with zero attached hydrogens (tertiary/aromatic N) is 2. The van der Waals surface area contributed by atoms with E-state index in [2.05, 4.69) is 15.7 Å². The number of halogens is 3. The van der Waals surface area contributed by atoms with Gasteiger partial charge in [-0.1, -0.05) is 0 Å². The predicted octanol–water partition coefficient (Wildman–Crippen LogP) is 1.12. The Morgan fingerprint density at radius 2 is 2.29 bits per heavy atom. The van der Waals surface area contributed by atoms with E-state index in [4.69, 9.17) is 0 Å². The molecule has 5 nitrogen and oxygen atoms in total. The number of anilines is 1. The van der Waals surface area contributed by atoms with E-state index in [1.807, 2.05) is 0 Å². The Kier molecular flexibility index (Phi) is 7.40. The summed E-state index contributed by atoms with van der Waals surface area (Å²) < 4.78 is 25.1. The predicted molar refractivity (Wildman–Crippen MR) is 62.7 cm³/mol. The third-order valence-corrected chi connectivity index (χ3v) is 1.84. The van der Waals surface area contributed by atoms with Crippen molar-refractivity contribution in [1.82, 2.24) is 15.1 Å². The maximum Gasteiger partial charge on any atom is 0.257 e. The smallest absolute Gasteiger partial charge is 0.257 e. The first-order valence-electron chi connectivity index (χ1n) is 4.87.